The van der Waals surface area contributed by atoms with Crippen molar-refractivity contribution in [2.24, 2.45) is 0 Å². The number of nitrogens with one attached hydrogen (secondary N) is 1. The molecule has 1 aliphatic heterocycles. The molecule has 1 saturated heterocycles. The van der Waals surface area contributed by atoms with E-state index in [1.165, 1.54) is 12.8 Å². The topological polar surface area (TPSA) is 28.2 Å². The minimum Gasteiger partial charge on any atom is -0.378 e. The highest BCUT2D eigenvalue weighted by Gasteiger charge is 2.16. The van der Waals surface area contributed by atoms with E-state index in [9.17, 15) is 0 Å². The monoisotopic (exact) mass is 365 g/mol. The van der Waals surface area contributed by atoms with Crippen LogP contribution in [0.5, 0.6) is 0 Å². The van der Waals surface area contributed by atoms with Crippen molar-refractivity contribution in [3.8, 4) is 0 Å². The molecule has 0 amide bonds. The molecule has 0 atom stereocenters. The normalized spacial score (nSPS) is 14.5. The number of hydrogen-bond acceptors (Lipinski definition) is 3. The van der Waals surface area contributed by atoms with E-state index < -0.39 is 0 Å². The van der Waals surface area contributed by atoms with Crippen molar-refractivity contribution < 1.29 is 0 Å². The molecule has 3 rings (SSSR count). The predicted octanol–water partition coefficient (Wildman–Crippen LogP) is 4.71. The lowest BCUT2D eigenvalue weighted by Crippen LogP contribution is -2.20. The first-order valence-corrected chi connectivity index (χ1v) is 8.29. The molecule has 0 unspecified atom stereocenters. The van der Waals surface area contributed by atoms with Gasteiger partial charge in [-0.3, -0.25) is 0 Å². The van der Waals surface area contributed by atoms with E-state index in [0.717, 1.165) is 39.7 Å². The van der Waals surface area contributed by atoms with Gasteiger partial charge in [-0.05, 0) is 42.7 Å². The number of benzene rings is 1. The lowest BCUT2D eigenvalue weighted by atomic mass is 10.2. The van der Waals surface area contributed by atoms with Gasteiger partial charge in [-0.25, -0.2) is 4.98 Å². The number of aromatic nitrogens is 1. The summed E-state index contributed by atoms with van der Waals surface area (Å²) in [6.45, 7) is 2.87. The SMILES string of the molecule is Clc1cc(Br)ccc1CNc1cccnc1N1CCCC1. The van der Waals surface area contributed by atoms with Crippen LogP contribution in [0.25, 0.3) is 0 Å². The standard InChI is InChI=1S/C16H17BrClN3/c17-13-6-5-12(14(18)10-13)11-20-15-4-3-7-19-16(15)21-8-1-2-9-21/h3-7,10,20H,1-2,8-9,11H2. The van der Waals surface area contributed by atoms with Gasteiger partial charge in [0.1, 0.15) is 0 Å². The van der Waals surface area contributed by atoms with Crippen LogP contribution in [0.3, 0.4) is 0 Å². The summed E-state index contributed by atoms with van der Waals surface area (Å²) >= 11 is 9.69. The Labute approximate surface area is 138 Å². The molecule has 0 spiro atoms. The number of nitrogens with zero attached hydrogens (tertiary/aromatic N) is 2. The van der Waals surface area contributed by atoms with E-state index in [-0.39, 0.29) is 0 Å². The maximum absolute atomic E-state index is 6.27. The maximum atomic E-state index is 6.27. The molecule has 0 radical (unpaired) electrons. The molecule has 0 aliphatic carbocycles. The molecule has 1 fully saturated rings. The summed E-state index contributed by atoms with van der Waals surface area (Å²) < 4.78 is 0.996. The summed E-state index contributed by atoms with van der Waals surface area (Å²) in [6, 6.07) is 10.0. The Morgan fingerprint density at radius 2 is 2.05 bits per heavy atom. The molecule has 2 aromatic rings. The second kappa shape index (κ2) is 6.67. The number of rotatable bonds is 4. The molecule has 5 heteroatoms. The summed E-state index contributed by atoms with van der Waals surface area (Å²) in [5.41, 5.74) is 2.15. The molecule has 2 heterocycles. The Morgan fingerprint density at radius 3 is 2.81 bits per heavy atom. The van der Waals surface area contributed by atoms with Gasteiger partial charge in [0.05, 0.1) is 5.69 Å². The van der Waals surface area contributed by atoms with E-state index in [2.05, 4.69) is 37.2 Å². The molecule has 110 valence electrons. The van der Waals surface area contributed by atoms with Crippen LogP contribution >= 0.6 is 27.5 Å². The van der Waals surface area contributed by atoms with Crippen molar-refractivity contribution in [3.05, 3.63) is 51.6 Å². The Kier molecular flexibility index (Phi) is 4.66. The van der Waals surface area contributed by atoms with Crippen molar-refractivity contribution in [1.29, 1.82) is 0 Å². The number of hydrogen-bond donors (Lipinski definition) is 1. The molecule has 3 nitrogen and oxygen atoms in total. The van der Waals surface area contributed by atoms with Gasteiger partial charge in [-0.2, -0.15) is 0 Å². The van der Waals surface area contributed by atoms with E-state index in [4.69, 9.17) is 11.6 Å². The number of pyridine rings is 1. The molecule has 21 heavy (non-hydrogen) atoms. The molecule has 1 aliphatic rings. The van der Waals surface area contributed by atoms with E-state index >= 15 is 0 Å². The third kappa shape index (κ3) is 3.50. The van der Waals surface area contributed by atoms with E-state index in [1.54, 1.807) is 0 Å². The minimum absolute atomic E-state index is 0.693. The molecular formula is C16H17BrClN3. The van der Waals surface area contributed by atoms with Gasteiger partial charge in [0.2, 0.25) is 0 Å². The number of anilines is 2. The second-order valence-electron chi connectivity index (χ2n) is 5.16. The van der Waals surface area contributed by atoms with E-state index in [1.807, 2.05) is 30.5 Å². The molecule has 0 saturated carbocycles. The lowest BCUT2D eigenvalue weighted by Gasteiger charge is -2.20. The van der Waals surface area contributed by atoms with Gasteiger partial charge >= 0.3 is 0 Å². The fourth-order valence-electron chi connectivity index (χ4n) is 2.57. The van der Waals surface area contributed by atoms with Crippen molar-refractivity contribution in [3.63, 3.8) is 0 Å². The highest BCUT2D eigenvalue weighted by atomic mass is 79.9. The van der Waals surface area contributed by atoms with Gasteiger partial charge in [-0.15, -0.1) is 0 Å². The average Bonchev–Trinajstić information content (AvgIpc) is 3.01. The summed E-state index contributed by atoms with van der Waals surface area (Å²) in [5.74, 6) is 1.04. The zero-order valence-electron chi connectivity index (χ0n) is 11.6. The predicted molar refractivity (Wildman–Crippen MR) is 92.2 cm³/mol. The van der Waals surface area contributed by atoms with Crippen LogP contribution in [0.1, 0.15) is 18.4 Å². The van der Waals surface area contributed by atoms with Crippen LogP contribution in [-0.4, -0.2) is 18.1 Å². The summed E-state index contributed by atoms with van der Waals surface area (Å²) in [6.07, 6.45) is 4.34. The Balaban J connectivity index is 1.75. The van der Waals surface area contributed by atoms with Crippen LogP contribution < -0.4 is 10.2 Å². The third-order valence-corrected chi connectivity index (χ3v) is 4.52. The highest BCUT2D eigenvalue weighted by molar-refractivity contribution is 9.10. The van der Waals surface area contributed by atoms with Crippen LogP contribution in [0.2, 0.25) is 5.02 Å². The lowest BCUT2D eigenvalue weighted by molar-refractivity contribution is 0.935. The summed E-state index contributed by atoms with van der Waals surface area (Å²) in [5, 5.41) is 4.23. The Hall–Kier alpha value is -1.26. The average molecular weight is 367 g/mol. The molecule has 0 bridgehead atoms. The third-order valence-electron chi connectivity index (χ3n) is 3.68. The second-order valence-corrected chi connectivity index (χ2v) is 6.48. The fourth-order valence-corrected chi connectivity index (χ4v) is 3.31. The Morgan fingerprint density at radius 1 is 1.24 bits per heavy atom. The van der Waals surface area contributed by atoms with Crippen molar-refractivity contribution >= 4 is 39.0 Å². The summed E-state index contributed by atoms with van der Waals surface area (Å²) in [7, 11) is 0. The van der Waals surface area contributed by atoms with Gasteiger partial charge in [-0.1, -0.05) is 33.6 Å². The van der Waals surface area contributed by atoms with Gasteiger partial charge in [0, 0.05) is 35.3 Å². The van der Waals surface area contributed by atoms with Crippen LogP contribution in [0.4, 0.5) is 11.5 Å². The largest absolute Gasteiger partial charge is 0.378 e. The maximum Gasteiger partial charge on any atom is 0.151 e. The van der Waals surface area contributed by atoms with Crippen LogP contribution in [0.15, 0.2) is 41.0 Å². The summed E-state index contributed by atoms with van der Waals surface area (Å²) in [4.78, 5) is 6.87. The van der Waals surface area contributed by atoms with Gasteiger partial charge in [0.15, 0.2) is 5.82 Å². The van der Waals surface area contributed by atoms with Crippen LogP contribution in [0, 0.1) is 0 Å². The highest BCUT2D eigenvalue weighted by Crippen LogP contribution is 2.28. The minimum atomic E-state index is 0.693. The molecule has 1 aromatic carbocycles. The van der Waals surface area contributed by atoms with Crippen molar-refractivity contribution in [2.45, 2.75) is 19.4 Å². The number of halogens is 2. The zero-order chi connectivity index (χ0) is 14.7. The Bertz CT molecular complexity index is 627. The first-order valence-electron chi connectivity index (χ1n) is 7.12. The smallest absolute Gasteiger partial charge is 0.151 e. The quantitative estimate of drug-likeness (QED) is 0.849. The van der Waals surface area contributed by atoms with Gasteiger partial charge in [0.25, 0.3) is 0 Å². The molecular weight excluding hydrogens is 350 g/mol. The first-order chi connectivity index (χ1) is 10.2. The zero-order valence-corrected chi connectivity index (χ0v) is 14.0. The fraction of sp³-hybridized carbons (Fsp3) is 0.312. The van der Waals surface area contributed by atoms with Crippen molar-refractivity contribution in [1.82, 2.24) is 4.98 Å². The first kappa shape index (κ1) is 14.7. The van der Waals surface area contributed by atoms with Gasteiger partial charge < -0.3 is 10.2 Å². The molecule has 1 N–H and O–H groups in total. The van der Waals surface area contributed by atoms with Crippen molar-refractivity contribution in [2.75, 3.05) is 23.3 Å². The molecule has 1 aromatic heterocycles. The van der Waals surface area contributed by atoms with Crippen LogP contribution in [-0.2, 0) is 6.54 Å². The van der Waals surface area contributed by atoms with E-state index in [0.29, 0.717) is 6.54 Å².